The number of hydrogen-bond donors (Lipinski definition) is 0. The maximum absolute atomic E-state index is 4.85. The van der Waals surface area contributed by atoms with Crippen LogP contribution in [0.2, 0.25) is 0 Å². The van der Waals surface area contributed by atoms with E-state index in [1.165, 1.54) is 32.1 Å². The van der Waals surface area contributed by atoms with Gasteiger partial charge in [-0.1, -0.05) is 36.7 Å². The van der Waals surface area contributed by atoms with Crippen LogP contribution in [-0.2, 0) is 7.05 Å². The van der Waals surface area contributed by atoms with E-state index in [1.807, 2.05) is 29.9 Å². The van der Waals surface area contributed by atoms with Gasteiger partial charge in [-0.05, 0) is 25.0 Å². The fourth-order valence-electron chi connectivity index (χ4n) is 2.42. The molecule has 1 aliphatic carbocycles. The zero-order valence-electron chi connectivity index (χ0n) is 11.1. The summed E-state index contributed by atoms with van der Waals surface area (Å²) in [6.07, 6.45) is 8.22. The Morgan fingerprint density at radius 2 is 2.11 bits per heavy atom. The molecule has 0 unspecified atom stereocenters. The molecule has 0 saturated heterocycles. The van der Waals surface area contributed by atoms with Crippen LogP contribution in [0.5, 0.6) is 0 Å². The third-order valence-electron chi connectivity index (χ3n) is 3.46. The van der Waals surface area contributed by atoms with Gasteiger partial charge in [0.15, 0.2) is 5.01 Å². The van der Waals surface area contributed by atoms with Gasteiger partial charge in [-0.15, -0.1) is 0 Å². The van der Waals surface area contributed by atoms with Gasteiger partial charge < -0.3 is 0 Å². The van der Waals surface area contributed by atoms with Crippen molar-refractivity contribution in [2.75, 3.05) is 0 Å². The first-order chi connectivity index (χ1) is 9.33. The standard InChI is InChI=1S/C14H18N4S/c1-18-14(16-11-7-3-2-4-8-11)19-13(17-18)12-9-5-6-10-15-12/h5-6,9-11H,2-4,7-8H2,1H3. The highest BCUT2D eigenvalue weighted by atomic mass is 32.1. The Morgan fingerprint density at radius 3 is 2.84 bits per heavy atom. The lowest BCUT2D eigenvalue weighted by Crippen LogP contribution is -2.18. The Bertz CT molecular complexity index is 593. The molecule has 19 heavy (non-hydrogen) atoms. The zero-order valence-corrected chi connectivity index (χ0v) is 11.9. The van der Waals surface area contributed by atoms with Crippen LogP contribution in [0.3, 0.4) is 0 Å². The first-order valence-corrected chi connectivity index (χ1v) is 7.64. The van der Waals surface area contributed by atoms with Crippen LogP contribution < -0.4 is 4.80 Å². The Balaban J connectivity index is 1.91. The molecule has 0 radical (unpaired) electrons. The van der Waals surface area contributed by atoms with Crippen molar-refractivity contribution in [3.63, 3.8) is 0 Å². The Kier molecular flexibility index (Phi) is 3.73. The number of nitrogens with zero attached hydrogens (tertiary/aromatic N) is 4. The number of aryl methyl sites for hydroxylation is 1. The summed E-state index contributed by atoms with van der Waals surface area (Å²) in [5, 5.41) is 5.47. The Morgan fingerprint density at radius 1 is 1.26 bits per heavy atom. The minimum atomic E-state index is 0.483. The van der Waals surface area contributed by atoms with Crippen LogP contribution in [0.4, 0.5) is 0 Å². The van der Waals surface area contributed by atoms with Gasteiger partial charge in [-0.3, -0.25) is 9.98 Å². The minimum absolute atomic E-state index is 0.483. The molecule has 0 aliphatic heterocycles. The zero-order chi connectivity index (χ0) is 13.1. The summed E-state index contributed by atoms with van der Waals surface area (Å²) in [5.74, 6) is 0. The van der Waals surface area contributed by atoms with Crippen molar-refractivity contribution < 1.29 is 0 Å². The van der Waals surface area contributed by atoms with Crippen molar-refractivity contribution in [1.82, 2.24) is 14.8 Å². The van der Waals surface area contributed by atoms with Gasteiger partial charge in [0, 0.05) is 13.2 Å². The summed E-state index contributed by atoms with van der Waals surface area (Å²) in [7, 11) is 1.96. The quantitative estimate of drug-likeness (QED) is 0.845. The third-order valence-corrected chi connectivity index (χ3v) is 4.49. The molecule has 100 valence electrons. The van der Waals surface area contributed by atoms with Crippen molar-refractivity contribution in [3.05, 3.63) is 29.2 Å². The molecule has 0 amide bonds. The van der Waals surface area contributed by atoms with E-state index in [0.717, 1.165) is 15.5 Å². The van der Waals surface area contributed by atoms with Crippen LogP contribution in [0.25, 0.3) is 10.7 Å². The van der Waals surface area contributed by atoms with Gasteiger partial charge in [0.2, 0.25) is 4.80 Å². The first kappa shape index (κ1) is 12.5. The van der Waals surface area contributed by atoms with Crippen molar-refractivity contribution >= 4 is 11.3 Å². The summed E-state index contributed by atoms with van der Waals surface area (Å²) in [6.45, 7) is 0. The molecule has 2 aromatic heterocycles. The third kappa shape index (κ3) is 2.92. The SMILES string of the molecule is Cn1nc(-c2ccccn2)sc1=NC1CCCCC1. The van der Waals surface area contributed by atoms with E-state index < -0.39 is 0 Å². The highest BCUT2D eigenvalue weighted by Crippen LogP contribution is 2.20. The lowest BCUT2D eigenvalue weighted by atomic mass is 9.96. The molecule has 2 heterocycles. The highest BCUT2D eigenvalue weighted by Gasteiger charge is 2.13. The molecule has 5 heteroatoms. The van der Waals surface area contributed by atoms with Crippen LogP contribution >= 0.6 is 11.3 Å². The molecule has 0 bridgehead atoms. The largest absolute Gasteiger partial charge is 0.254 e. The number of rotatable bonds is 2. The van der Waals surface area contributed by atoms with E-state index in [9.17, 15) is 0 Å². The summed E-state index contributed by atoms with van der Waals surface area (Å²) in [6, 6.07) is 6.38. The van der Waals surface area contributed by atoms with E-state index in [1.54, 1.807) is 17.5 Å². The molecule has 1 saturated carbocycles. The molecule has 0 N–H and O–H groups in total. The lowest BCUT2D eigenvalue weighted by molar-refractivity contribution is 0.434. The second-order valence-corrected chi connectivity index (χ2v) is 5.91. The van der Waals surface area contributed by atoms with Gasteiger partial charge in [0.05, 0.1) is 6.04 Å². The molecule has 4 nitrogen and oxygen atoms in total. The van der Waals surface area contributed by atoms with Crippen LogP contribution in [-0.4, -0.2) is 20.8 Å². The maximum atomic E-state index is 4.85. The van der Waals surface area contributed by atoms with Gasteiger partial charge in [0.25, 0.3) is 0 Å². The molecular weight excluding hydrogens is 256 g/mol. The number of aromatic nitrogens is 3. The monoisotopic (exact) mass is 274 g/mol. The van der Waals surface area contributed by atoms with Gasteiger partial charge in [-0.2, -0.15) is 5.10 Å². The second-order valence-electron chi connectivity index (χ2n) is 4.95. The predicted molar refractivity (Wildman–Crippen MR) is 76.8 cm³/mol. The van der Waals surface area contributed by atoms with E-state index in [0.29, 0.717) is 6.04 Å². The molecule has 0 atom stereocenters. The van der Waals surface area contributed by atoms with Gasteiger partial charge in [0.1, 0.15) is 5.69 Å². The summed E-state index contributed by atoms with van der Waals surface area (Å²) >= 11 is 1.63. The van der Waals surface area contributed by atoms with Crippen LogP contribution in [0.15, 0.2) is 29.4 Å². The van der Waals surface area contributed by atoms with E-state index >= 15 is 0 Å². The van der Waals surface area contributed by atoms with Crippen molar-refractivity contribution in [3.8, 4) is 10.7 Å². The van der Waals surface area contributed by atoms with E-state index in [2.05, 4.69) is 10.1 Å². The molecule has 1 aliphatic rings. The second kappa shape index (κ2) is 5.65. The smallest absolute Gasteiger partial charge is 0.203 e. The molecule has 1 fully saturated rings. The molecule has 0 aromatic carbocycles. The summed E-state index contributed by atoms with van der Waals surface area (Å²) in [4.78, 5) is 10.2. The fraction of sp³-hybridized carbons (Fsp3) is 0.500. The number of pyridine rings is 1. The average Bonchev–Trinajstić information content (AvgIpc) is 2.82. The molecular formula is C14H18N4S. The number of hydrogen-bond acceptors (Lipinski definition) is 4. The Hall–Kier alpha value is -1.49. The van der Waals surface area contributed by atoms with Crippen molar-refractivity contribution in [2.45, 2.75) is 38.1 Å². The normalized spacial score (nSPS) is 17.8. The van der Waals surface area contributed by atoms with Crippen molar-refractivity contribution in [1.29, 1.82) is 0 Å². The molecule has 3 rings (SSSR count). The highest BCUT2D eigenvalue weighted by molar-refractivity contribution is 7.12. The van der Waals surface area contributed by atoms with Gasteiger partial charge in [-0.25, -0.2) is 4.68 Å². The van der Waals surface area contributed by atoms with E-state index in [-0.39, 0.29) is 0 Å². The van der Waals surface area contributed by atoms with Crippen molar-refractivity contribution in [2.24, 2.45) is 12.0 Å². The first-order valence-electron chi connectivity index (χ1n) is 6.82. The summed E-state index contributed by atoms with van der Waals surface area (Å²) in [5.41, 5.74) is 0.924. The minimum Gasteiger partial charge on any atom is -0.254 e. The Labute approximate surface area is 116 Å². The predicted octanol–water partition coefficient (Wildman–Crippen LogP) is 2.78. The summed E-state index contributed by atoms with van der Waals surface area (Å²) < 4.78 is 1.88. The average molecular weight is 274 g/mol. The maximum Gasteiger partial charge on any atom is 0.203 e. The van der Waals surface area contributed by atoms with Gasteiger partial charge >= 0.3 is 0 Å². The van der Waals surface area contributed by atoms with Crippen LogP contribution in [0, 0.1) is 0 Å². The van der Waals surface area contributed by atoms with Crippen LogP contribution in [0.1, 0.15) is 32.1 Å². The molecule has 0 spiro atoms. The topological polar surface area (TPSA) is 43.1 Å². The molecule has 2 aromatic rings. The lowest BCUT2D eigenvalue weighted by Gasteiger charge is -2.16. The fourth-order valence-corrected chi connectivity index (χ4v) is 3.36. The van der Waals surface area contributed by atoms with E-state index in [4.69, 9.17) is 4.99 Å².